The first-order valence-corrected chi connectivity index (χ1v) is 4.72. The fraction of sp³-hybridized carbons (Fsp3) is 0.167. The number of Topliss-reactive ketones (excluding diaryl/α,β-unsaturated/α-hetero) is 1. The molecule has 4 heteroatoms. The number of hydrogen-bond donors (Lipinski definition) is 1. The van der Waals surface area contributed by atoms with E-state index < -0.39 is 17.4 Å². The van der Waals surface area contributed by atoms with Gasteiger partial charge in [-0.3, -0.25) is 4.79 Å². The highest BCUT2D eigenvalue weighted by Crippen LogP contribution is 2.17. The van der Waals surface area contributed by atoms with Crippen LogP contribution in [-0.4, -0.2) is 10.9 Å². The van der Waals surface area contributed by atoms with Crippen LogP contribution in [-0.2, 0) is 4.79 Å². The Morgan fingerprint density at radius 1 is 1.44 bits per heavy atom. The Labute approximate surface area is 92.4 Å². The first-order chi connectivity index (χ1) is 7.60. The highest BCUT2D eigenvalue weighted by Gasteiger charge is 2.14. The van der Waals surface area contributed by atoms with E-state index in [4.69, 9.17) is 5.26 Å². The molecule has 0 unspecified atom stereocenters. The predicted octanol–water partition coefficient (Wildman–Crippen LogP) is 2.60. The minimum atomic E-state index is -0.447. The van der Waals surface area contributed by atoms with Crippen molar-refractivity contribution >= 4 is 11.5 Å². The molecule has 0 saturated carbocycles. The molecular weight excluding hydrogens is 209 g/mol. The number of rotatable bonds is 3. The lowest BCUT2D eigenvalue weighted by atomic mass is 10.0. The van der Waals surface area contributed by atoms with E-state index in [2.05, 4.69) is 0 Å². The zero-order valence-corrected chi connectivity index (χ0v) is 8.70. The molecule has 0 radical (unpaired) electrons. The molecule has 0 atom stereocenters. The largest absolute Gasteiger partial charge is 0.506 e. The Hall–Kier alpha value is -2.15. The van der Waals surface area contributed by atoms with Crippen molar-refractivity contribution in [1.82, 2.24) is 0 Å². The van der Waals surface area contributed by atoms with Gasteiger partial charge in [-0.2, -0.15) is 5.26 Å². The summed E-state index contributed by atoms with van der Waals surface area (Å²) in [5.41, 5.74) is -0.0474. The Balaban J connectivity index is 3.21. The number of carbonyl (C=O) groups is 1. The second-order valence-electron chi connectivity index (χ2n) is 3.12. The molecule has 0 aromatic heterocycles. The van der Waals surface area contributed by atoms with Gasteiger partial charge in [-0.1, -0.05) is 6.92 Å². The molecule has 0 aliphatic rings. The van der Waals surface area contributed by atoms with Gasteiger partial charge in [-0.15, -0.1) is 0 Å². The van der Waals surface area contributed by atoms with Crippen molar-refractivity contribution in [1.29, 1.82) is 5.26 Å². The maximum atomic E-state index is 12.6. The SMILES string of the molecule is CCC(=O)/C(C#N)=C(/O)c1ccc(F)cc1. The summed E-state index contributed by atoms with van der Waals surface area (Å²) in [4.78, 5) is 11.3. The zero-order chi connectivity index (χ0) is 12.1. The number of allylic oxidation sites excluding steroid dienone is 1. The first kappa shape index (κ1) is 11.9. The zero-order valence-electron chi connectivity index (χ0n) is 8.70. The number of nitrogens with zero attached hydrogens (tertiary/aromatic N) is 1. The van der Waals surface area contributed by atoms with Crippen LogP contribution in [0.4, 0.5) is 4.39 Å². The highest BCUT2D eigenvalue weighted by atomic mass is 19.1. The molecule has 1 aromatic rings. The Bertz CT molecular complexity index is 469. The standard InChI is InChI=1S/C12H10FNO2/c1-2-11(15)10(7-14)12(16)8-3-5-9(13)6-4-8/h3-6,16H,2H2,1H3/b12-10+. The van der Waals surface area contributed by atoms with Crippen LogP contribution >= 0.6 is 0 Å². The van der Waals surface area contributed by atoms with Gasteiger partial charge in [0.25, 0.3) is 0 Å². The molecule has 0 amide bonds. The van der Waals surface area contributed by atoms with Crippen LogP contribution in [0.15, 0.2) is 29.8 Å². The van der Waals surface area contributed by atoms with E-state index in [9.17, 15) is 14.3 Å². The number of benzene rings is 1. The topological polar surface area (TPSA) is 61.1 Å². The van der Waals surface area contributed by atoms with Crippen LogP contribution in [0.1, 0.15) is 18.9 Å². The van der Waals surface area contributed by atoms with Crippen molar-refractivity contribution in [3.63, 3.8) is 0 Å². The van der Waals surface area contributed by atoms with Crippen molar-refractivity contribution in [2.24, 2.45) is 0 Å². The normalized spacial score (nSPS) is 11.6. The van der Waals surface area contributed by atoms with Crippen LogP contribution in [0.5, 0.6) is 0 Å². The number of hydrogen-bond acceptors (Lipinski definition) is 3. The summed E-state index contributed by atoms with van der Waals surface area (Å²) >= 11 is 0. The third-order valence-corrected chi connectivity index (χ3v) is 2.07. The third kappa shape index (κ3) is 2.45. The number of halogens is 1. The molecule has 1 N–H and O–H groups in total. The van der Waals surface area contributed by atoms with Crippen LogP contribution in [0, 0.1) is 17.1 Å². The van der Waals surface area contributed by atoms with Gasteiger partial charge in [0.05, 0.1) is 0 Å². The van der Waals surface area contributed by atoms with Crippen molar-refractivity contribution in [3.05, 3.63) is 41.2 Å². The van der Waals surface area contributed by atoms with Crippen LogP contribution in [0.2, 0.25) is 0 Å². The predicted molar refractivity (Wildman–Crippen MR) is 56.9 cm³/mol. The molecule has 0 fully saturated rings. The summed E-state index contributed by atoms with van der Waals surface area (Å²) < 4.78 is 12.6. The lowest BCUT2D eigenvalue weighted by Gasteiger charge is -2.02. The van der Waals surface area contributed by atoms with E-state index in [1.165, 1.54) is 12.1 Å². The molecule has 0 spiro atoms. The Morgan fingerprint density at radius 2 is 2.00 bits per heavy atom. The molecule has 0 aliphatic heterocycles. The summed E-state index contributed by atoms with van der Waals surface area (Å²) in [6, 6.07) is 6.57. The van der Waals surface area contributed by atoms with Crippen molar-refractivity contribution in [2.45, 2.75) is 13.3 Å². The summed E-state index contributed by atoms with van der Waals surface area (Å²) in [6.07, 6.45) is 0.133. The van der Waals surface area contributed by atoms with E-state index in [0.717, 1.165) is 12.1 Å². The monoisotopic (exact) mass is 219 g/mol. The second-order valence-corrected chi connectivity index (χ2v) is 3.12. The smallest absolute Gasteiger partial charge is 0.176 e. The quantitative estimate of drug-likeness (QED) is 0.483. The van der Waals surface area contributed by atoms with Gasteiger partial charge in [0.2, 0.25) is 0 Å². The van der Waals surface area contributed by atoms with Gasteiger partial charge in [-0.05, 0) is 24.3 Å². The van der Waals surface area contributed by atoms with Gasteiger partial charge in [0, 0.05) is 12.0 Å². The third-order valence-electron chi connectivity index (χ3n) is 2.07. The number of ketones is 1. The lowest BCUT2D eigenvalue weighted by Crippen LogP contribution is -2.02. The minimum absolute atomic E-state index is 0.133. The summed E-state index contributed by atoms with van der Waals surface area (Å²) in [7, 11) is 0. The van der Waals surface area contributed by atoms with Gasteiger partial charge in [-0.25, -0.2) is 4.39 Å². The summed E-state index contributed by atoms with van der Waals surface area (Å²) in [5, 5.41) is 18.4. The average Bonchev–Trinajstić information content (AvgIpc) is 2.30. The van der Waals surface area contributed by atoms with Gasteiger partial charge >= 0.3 is 0 Å². The van der Waals surface area contributed by atoms with E-state index >= 15 is 0 Å². The van der Waals surface area contributed by atoms with E-state index in [1.54, 1.807) is 13.0 Å². The molecule has 16 heavy (non-hydrogen) atoms. The van der Waals surface area contributed by atoms with Crippen LogP contribution in [0.25, 0.3) is 5.76 Å². The van der Waals surface area contributed by atoms with Crippen LogP contribution < -0.4 is 0 Å². The summed E-state index contributed by atoms with van der Waals surface area (Å²) in [5.74, 6) is -1.30. The van der Waals surface area contributed by atoms with Crippen molar-refractivity contribution in [3.8, 4) is 6.07 Å². The van der Waals surface area contributed by atoms with Gasteiger partial charge < -0.3 is 5.11 Å². The first-order valence-electron chi connectivity index (χ1n) is 4.72. The minimum Gasteiger partial charge on any atom is -0.506 e. The number of carbonyl (C=O) groups excluding carboxylic acids is 1. The molecule has 82 valence electrons. The molecule has 0 saturated heterocycles. The van der Waals surface area contributed by atoms with E-state index in [0.29, 0.717) is 0 Å². The fourth-order valence-electron chi connectivity index (χ4n) is 1.18. The molecule has 0 aliphatic carbocycles. The molecule has 1 rings (SSSR count). The second kappa shape index (κ2) is 5.08. The maximum Gasteiger partial charge on any atom is 0.176 e. The number of aliphatic hydroxyl groups excluding tert-OH is 1. The Kier molecular flexibility index (Phi) is 3.78. The molecule has 0 bridgehead atoms. The average molecular weight is 219 g/mol. The van der Waals surface area contributed by atoms with Crippen molar-refractivity contribution < 1.29 is 14.3 Å². The van der Waals surface area contributed by atoms with Gasteiger partial charge in [0.15, 0.2) is 5.78 Å². The molecule has 3 nitrogen and oxygen atoms in total. The van der Waals surface area contributed by atoms with Crippen molar-refractivity contribution in [2.75, 3.05) is 0 Å². The highest BCUT2D eigenvalue weighted by molar-refractivity contribution is 6.04. The van der Waals surface area contributed by atoms with Crippen LogP contribution in [0.3, 0.4) is 0 Å². The summed E-state index contributed by atoms with van der Waals surface area (Å²) in [6.45, 7) is 1.59. The number of aliphatic hydroxyl groups is 1. The van der Waals surface area contributed by atoms with E-state index in [-0.39, 0.29) is 17.6 Å². The molecule has 0 heterocycles. The van der Waals surface area contributed by atoms with E-state index in [1.807, 2.05) is 0 Å². The lowest BCUT2D eigenvalue weighted by molar-refractivity contribution is -0.114. The Morgan fingerprint density at radius 3 is 2.44 bits per heavy atom. The molecule has 1 aromatic carbocycles. The van der Waals surface area contributed by atoms with Gasteiger partial charge in [0.1, 0.15) is 23.2 Å². The number of nitriles is 1. The molecular formula is C12H10FNO2. The maximum absolute atomic E-state index is 12.6. The fourth-order valence-corrected chi connectivity index (χ4v) is 1.18.